The van der Waals surface area contributed by atoms with E-state index in [4.69, 9.17) is 5.26 Å². The summed E-state index contributed by atoms with van der Waals surface area (Å²) in [4.78, 5) is 22.2. The molecule has 0 spiro atoms. The van der Waals surface area contributed by atoms with Crippen LogP contribution in [0, 0.1) is 11.3 Å². The van der Waals surface area contributed by atoms with Crippen LogP contribution in [0.2, 0.25) is 0 Å². The number of nitrogens with zero attached hydrogens (tertiary/aromatic N) is 1. The highest BCUT2D eigenvalue weighted by Crippen LogP contribution is 2.18. The highest BCUT2D eigenvalue weighted by atomic mass is 16.2. The van der Waals surface area contributed by atoms with E-state index < -0.39 is 0 Å². The number of hydrogen-bond acceptors (Lipinski definition) is 4. The zero-order chi connectivity index (χ0) is 11.8. The fourth-order valence-corrected chi connectivity index (χ4v) is 1.13. The molecule has 1 aliphatic carbocycles. The third kappa shape index (κ3) is 5.98. The van der Waals surface area contributed by atoms with Crippen LogP contribution in [0.5, 0.6) is 0 Å². The van der Waals surface area contributed by atoms with Crippen LogP contribution in [-0.4, -0.2) is 37.5 Å². The maximum atomic E-state index is 11.2. The first-order chi connectivity index (χ1) is 7.72. The van der Waals surface area contributed by atoms with Crippen LogP contribution in [0.25, 0.3) is 0 Å². The molecule has 16 heavy (non-hydrogen) atoms. The van der Waals surface area contributed by atoms with Gasteiger partial charge in [0.15, 0.2) is 0 Å². The van der Waals surface area contributed by atoms with Gasteiger partial charge in [-0.3, -0.25) is 9.59 Å². The number of hydrogen-bond donors (Lipinski definition) is 3. The van der Waals surface area contributed by atoms with Crippen LogP contribution in [0.15, 0.2) is 0 Å². The first kappa shape index (κ1) is 12.5. The van der Waals surface area contributed by atoms with Gasteiger partial charge in [0.05, 0.1) is 12.6 Å². The van der Waals surface area contributed by atoms with Gasteiger partial charge in [-0.05, 0) is 12.8 Å². The molecule has 0 aromatic heterocycles. The lowest BCUT2D eigenvalue weighted by molar-refractivity contribution is -0.122. The summed E-state index contributed by atoms with van der Waals surface area (Å²) in [5.74, 6) is -0.211. The highest BCUT2D eigenvalue weighted by Gasteiger charge is 2.22. The molecule has 0 heterocycles. The Labute approximate surface area is 94.4 Å². The normalized spacial score (nSPS) is 13.9. The van der Waals surface area contributed by atoms with Crippen molar-refractivity contribution in [1.82, 2.24) is 16.0 Å². The summed E-state index contributed by atoms with van der Waals surface area (Å²) in [5, 5.41) is 16.3. The molecule has 6 nitrogen and oxygen atoms in total. The summed E-state index contributed by atoms with van der Waals surface area (Å²) >= 11 is 0. The Balaban J connectivity index is 1.92. The smallest absolute Gasteiger partial charge is 0.234 e. The molecule has 0 unspecified atom stereocenters. The van der Waals surface area contributed by atoms with Crippen LogP contribution >= 0.6 is 0 Å². The lowest BCUT2D eigenvalue weighted by atomic mass is 10.4. The third-order valence-corrected chi connectivity index (χ3v) is 2.12. The van der Waals surface area contributed by atoms with Gasteiger partial charge >= 0.3 is 0 Å². The van der Waals surface area contributed by atoms with Gasteiger partial charge < -0.3 is 16.0 Å². The summed E-state index contributed by atoms with van der Waals surface area (Å²) in [6.45, 7) is 0.625. The first-order valence-corrected chi connectivity index (χ1v) is 5.36. The molecule has 0 atom stereocenters. The van der Waals surface area contributed by atoms with Crippen molar-refractivity contribution >= 4 is 11.8 Å². The van der Waals surface area contributed by atoms with E-state index in [1.165, 1.54) is 0 Å². The number of carbonyl (C=O) groups excluding carboxylic acids is 2. The van der Waals surface area contributed by atoms with Crippen LogP contribution in [-0.2, 0) is 9.59 Å². The Hall–Kier alpha value is -1.61. The van der Waals surface area contributed by atoms with Crippen molar-refractivity contribution in [2.45, 2.75) is 25.3 Å². The molecule has 0 bridgehead atoms. The monoisotopic (exact) mass is 224 g/mol. The molecule has 6 heteroatoms. The van der Waals surface area contributed by atoms with Crippen LogP contribution in [0.1, 0.15) is 19.3 Å². The van der Waals surface area contributed by atoms with Gasteiger partial charge in [0, 0.05) is 19.0 Å². The number of nitriles is 1. The van der Waals surface area contributed by atoms with Gasteiger partial charge in [-0.2, -0.15) is 5.26 Å². The Morgan fingerprint density at radius 1 is 1.31 bits per heavy atom. The van der Waals surface area contributed by atoms with Gasteiger partial charge in [-0.1, -0.05) is 0 Å². The number of rotatable bonds is 7. The number of carbonyl (C=O) groups is 2. The topological polar surface area (TPSA) is 94.0 Å². The van der Waals surface area contributed by atoms with Crippen molar-refractivity contribution in [3.05, 3.63) is 0 Å². The predicted molar refractivity (Wildman–Crippen MR) is 57.3 cm³/mol. The molecule has 0 aromatic rings. The van der Waals surface area contributed by atoms with Gasteiger partial charge in [0.1, 0.15) is 6.54 Å². The van der Waals surface area contributed by atoms with E-state index in [1.807, 2.05) is 6.07 Å². The van der Waals surface area contributed by atoms with Crippen molar-refractivity contribution in [2.75, 3.05) is 19.6 Å². The van der Waals surface area contributed by atoms with E-state index in [2.05, 4.69) is 16.0 Å². The molecule has 3 N–H and O–H groups in total. The zero-order valence-corrected chi connectivity index (χ0v) is 9.08. The molecule has 0 saturated heterocycles. The second-order valence-corrected chi connectivity index (χ2v) is 3.70. The molecule has 1 saturated carbocycles. The molecule has 88 valence electrons. The number of amides is 2. The molecule has 2 amide bonds. The molecule has 1 aliphatic rings. The maximum Gasteiger partial charge on any atom is 0.234 e. The van der Waals surface area contributed by atoms with Crippen LogP contribution in [0.3, 0.4) is 0 Å². The van der Waals surface area contributed by atoms with Crippen molar-refractivity contribution in [2.24, 2.45) is 0 Å². The quantitative estimate of drug-likeness (QED) is 0.377. The fraction of sp³-hybridized carbons (Fsp3) is 0.700. The minimum absolute atomic E-state index is 0.0165. The molecular formula is C10H16N4O2. The second kappa shape index (κ2) is 6.80. The van der Waals surface area contributed by atoms with Gasteiger partial charge in [-0.15, -0.1) is 0 Å². The van der Waals surface area contributed by atoms with Crippen molar-refractivity contribution in [3.63, 3.8) is 0 Å². The Morgan fingerprint density at radius 3 is 2.69 bits per heavy atom. The largest absolute Gasteiger partial charge is 0.353 e. The third-order valence-electron chi connectivity index (χ3n) is 2.12. The van der Waals surface area contributed by atoms with E-state index in [9.17, 15) is 9.59 Å². The molecular weight excluding hydrogens is 208 g/mol. The van der Waals surface area contributed by atoms with Gasteiger partial charge in [0.25, 0.3) is 0 Å². The summed E-state index contributed by atoms with van der Waals surface area (Å²) in [5.41, 5.74) is 0. The minimum Gasteiger partial charge on any atom is -0.353 e. The van der Waals surface area contributed by atoms with E-state index in [0.717, 1.165) is 12.8 Å². The average Bonchev–Trinajstić information content (AvgIpc) is 3.05. The van der Waals surface area contributed by atoms with Crippen LogP contribution in [0.4, 0.5) is 0 Å². The minimum atomic E-state index is -0.232. The van der Waals surface area contributed by atoms with E-state index in [1.54, 1.807) is 0 Å². The summed E-state index contributed by atoms with van der Waals surface area (Å²) < 4.78 is 0. The molecule has 0 aliphatic heterocycles. The van der Waals surface area contributed by atoms with Gasteiger partial charge in [0.2, 0.25) is 11.8 Å². The SMILES string of the molecule is N#CCNC(=O)CNCCC(=O)NC1CC1. The zero-order valence-electron chi connectivity index (χ0n) is 9.08. The van der Waals surface area contributed by atoms with Crippen molar-refractivity contribution in [1.29, 1.82) is 5.26 Å². The molecule has 0 aromatic carbocycles. The van der Waals surface area contributed by atoms with E-state index >= 15 is 0 Å². The first-order valence-electron chi connectivity index (χ1n) is 5.36. The Bertz CT molecular complexity index is 294. The Kier molecular flexibility index (Phi) is 5.29. The Morgan fingerprint density at radius 2 is 2.06 bits per heavy atom. The molecule has 1 rings (SSSR count). The fourth-order valence-electron chi connectivity index (χ4n) is 1.13. The second-order valence-electron chi connectivity index (χ2n) is 3.70. The summed E-state index contributed by atoms with van der Waals surface area (Å²) in [7, 11) is 0. The molecule has 0 radical (unpaired) electrons. The average molecular weight is 224 g/mol. The lowest BCUT2D eigenvalue weighted by Gasteiger charge is -2.05. The van der Waals surface area contributed by atoms with E-state index in [-0.39, 0.29) is 24.9 Å². The standard InChI is InChI=1S/C10H16N4O2/c11-4-6-13-10(16)7-12-5-3-9(15)14-8-1-2-8/h8,12H,1-3,5-7H2,(H,13,16)(H,14,15). The summed E-state index contributed by atoms with van der Waals surface area (Å²) in [6.07, 6.45) is 2.54. The van der Waals surface area contributed by atoms with Crippen molar-refractivity contribution < 1.29 is 9.59 Å². The number of nitrogens with one attached hydrogen (secondary N) is 3. The summed E-state index contributed by atoms with van der Waals surface area (Å²) in [6, 6.07) is 2.19. The van der Waals surface area contributed by atoms with Gasteiger partial charge in [-0.25, -0.2) is 0 Å². The van der Waals surface area contributed by atoms with E-state index in [0.29, 0.717) is 19.0 Å². The van der Waals surface area contributed by atoms with Crippen molar-refractivity contribution in [3.8, 4) is 6.07 Å². The van der Waals surface area contributed by atoms with Crippen LogP contribution < -0.4 is 16.0 Å². The maximum absolute atomic E-state index is 11.2. The highest BCUT2D eigenvalue weighted by molar-refractivity contribution is 5.78. The lowest BCUT2D eigenvalue weighted by Crippen LogP contribution is -2.36. The molecule has 1 fully saturated rings. The predicted octanol–water partition coefficient (Wildman–Crippen LogP) is -1.12.